The number of nitrogens with one attached hydrogen (secondary N) is 2. The van der Waals surface area contributed by atoms with Crippen molar-refractivity contribution in [1.82, 2.24) is 14.9 Å². The van der Waals surface area contributed by atoms with Crippen LogP contribution in [0.5, 0.6) is 5.75 Å². The van der Waals surface area contributed by atoms with Gasteiger partial charge in [0.05, 0.1) is 30.4 Å². The Morgan fingerprint density at radius 1 is 0.941 bits per heavy atom. The largest absolute Gasteiger partial charge is 0.493 e. The molecule has 5 aliphatic rings. The van der Waals surface area contributed by atoms with Crippen LogP contribution in [0, 0.1) is 23.7 Å². The summed E-state index contributed by atoms with van der Waals surface area (Å²) >= 11 is 11.9. The van der Waals surface area contributed by atoms with E-state index < -0.39 is 11.0 Å². The second-order valence-corrected chi connectivity index (χ2v) is 17.7. The number of hydrogen-bond donors (Lipinski definition) is 2. The molecule has 4 aliphatic heterocycles. The van der Waals surface area contributed by atoms with E-state index in [-0.39, 0.29) is 29.3 Å². The third kappa shape index (κ3) is 11.6. The van der Waals surface area contributed by atoms with Crippen LogP contribution in [0.4, 0.5) is 0 Å². The molecule has 0 aromatic heterocycles. The van der Waals surface area contributed by atoms with Gasteiger partial charge in [-0.25, -0.2) is 4.21 Å². The van der Waals surface area contributed by atoms with Crippen molar-refractivity contribution in [3.8, 4) is 5.75 Å². The van der Waals surface area contributed by atoms with Gasteiger partial charge in [0.15, 0.2) is 6.29 Å². The summed E-state index contributed by atoms with van der Waals surface area (Å²) in [5.41, 5.74) is 3.03. The number of carbonyl (C=O) groups is 1. The molecule has 2 aromatic rings. The molecule has 8 nitrogen and oxygen atoms in total. The molecule has 0 spiro atoms. The highest BCUT2D eigenvalue weighted by Crippen LogP contribution is 2.45. The van der Waals surface area contributed by atoms with Crippen LogP contribution in [-0.2, 0) is 26.9 Å². The quantitative estimate of drug-likeness (QED) is 0.311. The summed E-state index contributed by atoms with van der Waals surface area (Å²) in [5.74, 6) is 2.21. The van der Waals surface area contributed by atoms with Gasteiger partial charge in [-0.1, -0.05) is 44.4 Å². The lowest BCUT2D eigenvalue weighted by Crippen LogP contribution is -2.46. The molecule has 3 fully saturated rings. The van der Waals surface area contributed by atoms with Gasteiger partial charge in [0.1, 0.15) is 16.7 Å². The molecule has 1 saturated carbocycles. The molecule has 7 atom stereocenters. The topological polar surface area (TPSA) is 89.1 Å². The van der Waals surface area contributed by atoms with Crippen LogP contribution in [0.25, 0.3) is 0 Å². The summed E-state index contributed by atoms with van der Waals surface area (Å²) in [4.78, 5) is 15.5. The predicted octanol–water partition coefficient (Wildman–Crippen LogP) is 7.59. The molecule has 4 heterocycles. The molecular formula is C40H59Cl2N3O5S. The number of amides is 1. The average molecular weight is 765 g/mol. The molecule has 0 radical (unpaired) electrons. The highest BCUT2D eigenvalue weighted by atomic mass is 35.5. The first-order valence-electron chi connectivity index (χ1n) is 19.1. The summed E-state index contributed by atoms with van der Waals surface area (Å²) in [6.45, 7) is 12.2. The number of halogens is 2. The summed E-state index contributed by atoms with van der Waals surface area (Å²) in [6.07, 6.45) is 8.22. The summed E-state index contributed by atoms with van der Waals surface area (Å²) in [5, 5.41) is 4.06. The predicted molar refractivity (Wildman–Crippen MR) is 208 cm³/mol. The van der Waals surface area contributed by atoms with Gasteiger partial charge >= 0.3 is 0 Å². The van der Waals surface area contributed by atoms with E-state index in [9.17, 15) is 9.00 Å². The van der Waals surface area contributed by atoms with Gasteiger partial charge in [-0.2, -0.15) is 0 Å². The molecule has 2 N–H and O–H groups in total. The van der Waals surface area contributed by atoms with Gasteiger partial charge in [-0.3, -0.25) is 9.52 Å². The molecule has 284 valence electrons. The zero-order valence-corrected chi connectivity index (χ0v) is 33.2. The number of fused-ring (bicyclic) bond motifs is 15. The minimum atomic E-state index is -1.48. The summed E-state index contributed by atoms with van der Waals surface area (Å²) in [7, 11) is 0.759. The minimum absolute atomic E-state index is 0.144. The smallest absolute Gasteiger partial charge is 0.262 e. The van der Waals surface area contributed by atoms with Crippen LogP contribution in [0.1, 0.15) is 93.1 Å². The summed E-state index contributed by atoms with van der Waals surface area (Å²) < 4.78 is 34.7. The van der Waals surface area contributed by atoms with E-state index in [1.165, 1.54) is 24.0 Å². The van der Waals surface area contributed by atoms with E-state index in [0.717, 1.165) is 82.9 Å². The molecule has 1 aliphatic carbocycles. The van der Waals surface area contributed by atoms with Gasteiger partial charge < -0.3 is 24.4 Å². The van der Waals surface area contributed by atoms with E-state index in [2.05, 4.69) is 48.0 Å². The highest BCUT2D eigenvalue weighted by molar-refractivity contribution is 7.84. The SMILES string of the molecule is CCCc1cc(Cl)ccc1C1COc2ccc(cc2)C(=O)NS(=O)C(C)C(C)CCCC(C2OCCCO2)C2CCC2CN(C)C1.ClC1CNC1. The van der Waals surface area contributed by atoms with Crippen molar-refractivity contribution in [3.63, 3.8) is 0 Å². The minimum Gasteiger partial charge on any atom is -0.493 e. The van der Waals surface area contributed by atoms with Gasteiger partial charge in [0.2, 0.25) is 0 Å². The Hall–Kier alpha value is -1.72. The van der Waals surface area contributed by atoms with Gasteiger partial charge in [0.25, 0.3) is 5.91 Å². The van der Waals surface area contributed by atoms with E-state index >= 15 is 0 Å². The molecule has 2 aromatic carbocycles. The van der Waals surface area contributed by atoms with Crippen molar-refractivity contribution >= 4 is 40.1 Å². The number of rotatable bonds is 4. The summed E-state index contributed by atoms with van der Waals surface area (Å²) in [6, 6.07) is 13.4. The van der Waals surface area contributed by atoms with Gasteiger partial charge in [-0.05, 0) is 118 Å². The van der Waals surface area contributed by atoms with Crippen LogP contribution in [-0.4, -0.2) is 85.0 Å². The molecule has 7 rings (SSSR count). The van der Waals surface area contributed by atoms with Crippen molar-refractivity contribution < 1.29 is 23.2 Å². The zero-order chi connectivity index (χ0) is 36.3. The number of aryl methyl sites for hydroxylation is 1. The number of ether oxygens (including phenoxy) is 3. The maximum absolute atomic E-state index is 13.2. The van der Waals surface area contributed by atoms with Crippen LogP contribution in [0.15, 0.2) is 42.5 Å². The fourth-order valence-electron chi connectivity index (χ4n) is 7.76. The molecular weight excluding hydrogens is 705 g/mol. The first kappa shape index (κ1) is 40.5. The Morgan fingerprint density at radius 3 is 2.29 bits per heavy atom. The molecule has 1 amide bonds. The first-order valence-corrected chi connectivity index (χ1v) is 21.1. The van der Waals surface area contributed by atoms with Crippen molar-refractivity contribution in [2.24, 2.45) is 23.7 Å². The Bertz CT molecular complexity index is 1410. The number of nitrogens with zero attached hydrogens (tertiary/aromatic N) is 1. The third-order valence-electron chi connectivity index (χ3n) is 11.2. The van der Waals surface area contributed by atoms with E-state index in [1.54, 1.807) is 12.1 Å². The lowest BCUT2D eigenvalue weighted by molar-refractivity contribution is -0.224. The normalized spacial score (nSPS) is 30.6. The Balaban J connectivity index is 0.000000927. The molecule has 2 saturated heterocycles. The number of alkyl halides is 1. The molecule has 51 heavy (non-hydrogen) atoms. The molecule has 11 heteroatoms. The number of likely N-dealkylation sites (N-methyl/N-ethyl adjacent to an activating group) is 1. The highest BCUT2D eigenvalue weighted by Gasteiger charge is 2.42. The molecule has 2 bridgehead atoms. The average Bonchev–Trinajstić information content (AvgIpc) is 3.11. The van der Waals surface area contributed by atoms with Crippen LogP contribution < -0.4 is 14.8 Å². The lowest BCUT2D eigenvalue weighted by Gasteiger charge is -2.47. The Kier molecular flexibility index (Phi) is 15.9. The Morgan fingerprint density at radius 2 is 1.67 bits per heavy atom. The van der Waals surface area contributed by atoms with Crippen LogP contribution in [0.3, 0.4) is 0 Å². The molecule has 7 unspecified atom stereocenters. The van der Waals surface area contributed by atoms with Gasteiger partial charge in [0, 0.05) is 48.6 Å². The Labute approximate surface area is 318 Å². The van der Waals surface area contributed by atoms with Gasteiger partial charge in [-0.15, -0.1) is 11.6 Å². The number of benzene rings is 2. The maximum atomic E-state index is 13.2. The second-order valence-electron chi connectivity index (χ2n) is 15.1. The lowest BCUT2D eigenvalue weighted by atomic mass is 9.65. The van der Waals surface area contributed by atoms with Crippen molar-refractivity contribution in [1.29, 1.82) is 0 Å². The van der Waals surface area contributed by atoms with Crippen molar-refractivity contribution in [3.05, 3.63) is 64.2 Å². The van der Waals surface area contributed by atoms with E-state index in [4.69, 9.17) is 37.4 Å². The van der Waals surface area contributed by atoms with Crippen LogP contribution in [0.2, 0.25) is 5.02 Å². The van der Waals surface area contributed by atoms with E-state index in [0.29, 0.717) is 41.1 Å². The zero-order valence-electron chi connectivity index (χ0n) is 30.9. The second kappa shape index (κ2) is 20.1. The fourth-order valence-corrected chi connectivity index (χ4v) is 9.22. The van der Waals surface area contributed by atoms with Crippen molar-refractivity contribution in [2.45, 2.75) is 95.0 Å². The van der Waals surface area contributed by atoms with E-state index in [1.807, 2.05) is 25.1 Å². The first-order chi connectivity index (χ1) is 24.6. The maximum Gasteiger partial charge on any atom is 0.262 e. The number of hydrogen-bond acceptors (Lipinski definition) is 7. The van der Waals surface area contributed by atoms with Crippen LogP contribution >= 0.6 is 23.2 Å². The monoisotopic (exact) mass is 763 g/mol. The fraction of sp³-hybridized carbons (Fsp3) is 0.675. The number of carbonyl (C=O) groups excluding carboxylic acids is 1. The standard InChI is InChI=1S/C37H53ClN2O5S.C3H6ClN/c1-5-8-28-21-31(38)14-18-33(28)30-23-40(4)22-29-13-17-34(29)35(37-43-19-7-20-44-37)10-6-9-25(2)26(3)46(42)39-36(41)27-11-15-32(16-12-27)45-24-30;4-3-1-5-2-3/h11-12,14-16,18,21,25-26,29-30,34-35,37H,5-10,13,17,19-20,22-24H2,1-4H3,(H,39,41);3,5H,1-2H2. The third-order valence-corrected chi connectivity index (χ3v) is 13.3. The van der Waals surface area contributed by atoms with Crippen molar-refractivity contribution in [2.75, 3.05) is 53.0 Å².